The van der Waals surface area contributed by atoms with E-state index < -0.39 is 6.35 Å². The summed E-state index contributed by atoms with van der Waals surface area (Å²) in [6.07, 6.45) is -0.828. The molecule has 0 fully saturated rings. The largest absolute Gasteiger partial charge is 0.356 e. The molecule has 1 heterocycles. The molecule has 1 unspecified atom stereocenters. The summed E-state index contributed by atoms with van der Waals surface area (Å²) in [5.41, 5.74) is 4.04. The van der Waals surface area contributed by atoms with Gasteiger partial charge in [-0.3, -0.25) is 9.89 Å². The molecule has 0 aromatic heterocycles. The molecule has 1 aliphatic rings. The molecule has 0 spiro atoms. The highest BCUT2D eigenvalue weighted by molar-refractivity contribution is 6.06. The van der Waals surface area contributed by atoms with E-state index >= 15 is 0 Å². The van der Waals surface area contributed by atoms with Gasteiger partial charge in [-0.15, -0.1) is 0 Å². The minimum atomic E-state index is -0.828. The Morgan fingerprint density at radius 3 is 2.60 bits per heavy atom. The molecule has 0 radical (unpaired) electrons. The number of hydrogen-bond donors (Lipinski definition) is 2. The molecule has 4 nitrogen and oxygen atoms in total. The van der Waals surface area contributed by atoms with Crippen molar-refractivity contribution >= 4 is 17.2 Å². The summed E-state index contributed by atoms with van der Waals surface area (Å²) in [6, 6.07) is 16.0. The lowest BCUT2D eigenvalue weighted by molar-refractivity contribution is 0.164. The average Bonchev–Trinajstić information content (AvgIpc) is 2.47. The molecule has 1 aliphatic heterocycles. The van der Waals surface area contributed by atoms with Gasteiger partial charge in [0.25, 0.3) is 0 Å². The van der Waals surface area contributed by atoms with Gasteiger partial charge >= 0.3 is 0 Å². The lowest BCUT2D eigenvalue weighted by atomic mass is 10.0. The van der Waals surface area contributed by atoms with Gasteiger partial charge in [0.2, 0.25) is 6.35 Å². The van der Waals surface area contributed by atoms with Crippen LogP contribution in [0.1, 0.15) is 11.1 Å². The summed E-state index contributed by atoms with van der Waals surface area (Å²) < 4.78 is 0. The molecule has 2 aromatic rings. The fourth-order valence-corrected chi connectivity index (χ4v) is 2.49. The van der Waals surface area contributed by atoms with Gasteiger partial charge in [0, 0.05) is 18.3 Å². The second kappa shape index (κ2) is 4.98. The lowest BCUT2D eigenvalue weighted by Crippen LogP contribution is -2.50. The normalized spacial score (nSPS) is 19.6. The van der Waals surface area contributed by atoms with Gasteiger partial charge in [-0.05, 0) is 36.8 Å². The van der Waals surface area contributed by atoms with Crippen LogP contribution in [0.2, 0.25) is 0 Å². The monoisotopic (exact) mass is 267 g/mol. The summed E-state index contributed by atoms with van der Waals surface area (Å²) in [6.45, 7) is 2.04. The molecule has 2 N–H and O–H groups in total. The number of fused-ring (bicyclic) bond motifs is 1. The van der Waals surface area contributed by atoms with Gasteiger partial charge in [0.15, 0.2) is 0 Å². The maximum Gasteiger partial charge on any atom is 0.210 e. The van der Waals surface area contributed by atoms with E-state index in [-0.39, 0.29) is 0 Å². The Labute approximate surface area is 118 Å². The highest BCUT2D eigenvalue weighted by Crippen LogP contribution is 2.33. The zero-order chi connectivity index (χ0) is 14.1. The second-order valence-corrected chi connectivity index (χ2v) is 4.82. The van der Waals surface area contributed by atoms with Gasteiger partial charge in [0.05, 0.1) is 5.69 Å². The Kier molecular flexibility index (Phi) is 3.16. The molecular weight excluding hydrogens is 250 g/mol. The number of nitrogens with one attached hydrogen (secondary N) is 1. The molecule has 3 rings (SSSR count). The van der Waals surface area contributed by atoms with E-state index in [2.05, 4.69) is 16.4 Å². The first-order valence-corrected chi connectivity index (χ1v) is 6.57. The number of aliphatic hydroxyl groups is 1. The van der Waals surface area contributed by atoms with Crippen molar-refractivity contribution in [2.45, 2.75) is 13.3 Å². The van der Waals surface area contributed by atoms with Crippen molar-refractivity contribution in [2.75, 3.05) is 11.9 Å². The summed E-state index contributed by atoms with van der Waals surface area (Å²) in [7, 11) is 1.72. The highest BCUT2D eigenvalue weighted by atomic mass is 16.3. The molecule has 2 aromatic carbocycles. The van der Waals surface area contributed by atoms with Crippen molar-refractivity contribution in [2.24, 2.45) is 4.99 Å². The van der Waals surface area contributed by atoms with Crippen LogP contribution >= 0.6 is 0 Å². The van der Waals surface area contributed by atoms with Crippen LogP contribution < -0.4 is 10.2 Å². The third-order valence-electron chi connectivity index (χ3n) is 3.44. The minimum Gasteiger partial charge on any atom is -0.356 e. The van der Waals surface area contributed by atoms with Gasteiger partial charge in [-0.25, -0.2) is 0 Å². The molecule has 0 amide bonds. The number of nitrogens with zero attached hydrogens (tertiary/aromatic N) is 2. The number of amidine groups is 1. The molecule has 0 bridgehead atoms. The number of anilines is 2. The Balaban J connectivity index is 2.19. The van der Waals surface area contributed by atoms with Crippen molar-refractivity contribution in [3.8, 4) is 0 Å². The quantitative estimate of drug-likeness (QED) is 0.834. The molecular formula is C16H17N3O. The van der Waals surface area contributed by atoms with Crippen molar-refractivity contribution < 1.29 is 5.11 Å². The first kappa shape index (κ1) is 12.7. The fourth-order valence-electron chi connectivity index (χ4n) is 2.49. The summed E-state index contributed by atoms with van der Waals surface area (Å²) in [4.78, 5) is 6.09. The smallest absolute Gasteiger partial charge is 0.210 e. The SMILES string of the molecule is CN=C1NC(O)N(c2ccccc2)c2cc(C)ccc21. The predicted molar refractivity (Wildman–Crippen MR) is 81.4 cm³/mol. The van der Waals surface area contributed by atoms with E-state index in [0.29, 0.717) is 5.84 Å². The van der Waals surface area contributed by atoms with Crippen LogP contribution in [0.15, 0.2) is 53.5 Å². The Bertz CT molecular complexity index is 652. The third kappa shape index (κ3) is 2.04. The van der Waals surface area contributed by atoms with Crippen LogP contribution in [0.25, 0.3) is 0 Å². The molecule has 0 aliphatic carbocycles. The Hall–Kier alpha value is -2.33. The predicted octanol–water partition coefficient (Wildman–Crippen LogP) is 2.39. The number of rotatable bonds is 1. The zero-order valence-electron chi connectivity index (χ0n) is 11.5. The molecule has 1 atom stereocenters. The van der Waals surface area contributed by atoms with Crippen molar-refractivity contribution in [1.29, 1.82) is 0 Å². The number of benzene rings is 2. The Morgan fingerprint density at radius 1 is 1.15 bits per heavy atom. The van der Waals surface area contributed by atoms with E-state index in [9.17, 15) is 5.11 Å². The zero-order valence-corrected chi connectivity index (χ0v) is 11.5. The van der Waals surface area contributed by atoms with Crippen molar-refractivity contribution in [1.82, 2.24) is 5.32 Å². The van der Waals surface area contributed by atoms with Gasteiger partial charge in [0.1, 0.15) is 5.84 Å². The van der Waals surface area contributed by atoms with Crippen molar-refractivity contribution in [3.63, 3.8) is 0 Å². The van der Waals surface area contributed by atoms with Gasteiger partial charge in [-0.1, -0.05) is 24.3 Å². The number of aryl methyl sites for hydroxylation is 1. The van der Waals surface area contributed by atoms with Crippen LogP contribution in [0, 0.1) is 6.92 Å². The van der Waals surface area contributed by atoms with Gasteiger partial charge < -0.3 is 10.4 Å². The van der Waals surface area contributed by atoms with Crippen LogP contribution in [0.4, 0.5) is 11.4 Å². The van der Waals surface area contributed by atoms with E-state index in [1.54, 1.807) is 7.05 Å². The average molecular weight is 267 g/mol. The van der Waals surface area contributed by atoms with Crippen molar-refractivity contribution in [3.05, 3.63) is 59.7 Å². The standard InChI is InChI=1S/C16H17N3O/c1-11-8-9-13-14(10-11)19(12-6-4-3-5-7-12)16(20)18-15(13)17-2/h3-10,16,20H,1-2H3,(H,17,18). The lowest BCUT2D eigenvalue weighted by Gasteiger charge is -2.37. The summed E-state index contributed by atoms with van der Waals surface area (Å²) in [5, 5.41) is 13.4. The Morgan fingerprint density at radius 2 is 1.90 bits per heavy atom. The third-order valence-corrected chi connectivity index (χ3v) is 3.44. The first-order valence-electron chi connectivity index (χ1n) is 6.57. The number of para-hydroxylation sites is 1. The molecule has 20 heavy (non-hydrogen) atoms. The van der Waals surface area contributed by atoms with Crippen LogP contribution in [-0.2, 0) is 0 Å². The molecule has 0 saturated carbocycles. The van der Waals surface area contributed by atoms with E-state index in [4.69, 9.17) is 0 Å². The van der Waals surface area contributed by atoms with Crippen LogP contribution in [0.5, 0.6) is 0 Å². The minimum absolute atomic E-state index is 0.708. The molecule has 0 saturated heterocycles. The van der Waals surface area contributed by atoms with Crippen LogP contribution in [-0.4, -0.2) is 24.3 Å². The summed E-state index contributed by atoms with van der Waals surface area (Å²) in [5.74, 6) is 0.708. The topological polar surface area (TPSA) is 47.9 Å². The highest BCUT2D eigenvalue weighted by Gasteiger charge is 2.28. The fraction of sp³-hybridized carbons (Fsp3) is 0.188. The number of hydrogen-bond acceptors (Lipinski definition) is 3. The maximum atomic E-state index is 10.4. The second-order valence-electron chi connectivity index (χ2n) is 4.82. The first-order chi connectivity index (χ1) is 9.70. The maximum absolute atomic E-state index is 10.4. The number of aliphatic hydroxyl groups excluding tert-OH is 1. The number of aliphatic imine (C=N–C) groups is 1. The summed E-state index contributed by atoms with van der Waals surface area (Å²) >= 11 is 0. The van der Waals surface area contributed by atoms with Gasteiger partial charge in [-0.2, -0.15) is 0 Å². The van der Waals surface area contributed by atoms with E-state index in [1.165, 1.54) is 0 Å². The van der Waals surface area contributed by atoms with Crippen LogP contribution in [0.3, 0.4) is 0 Å². The molecule has 4 heteroatoms. The van der Waals surface area contributed by atoms with E-state index in [0.717, 1.165) is 22.5 Å². The molecule has 102 valence electrons. The van der Waals surface area contributed by atoms with E-state index in [1.807, 2.05) is 54.3 Å².